The molecule has 0 aliphatic carbocycles. The average molecular weight is 312 g/mol. The van der Waals surface area contributed by atoms with Gasteiger partial charge in [0.1, 0.15) is 4.99 Å². The summed E-state index contributed by atoms with van der Waals surface area (Å²) in [4.78, 5) is 3.15. The van der Waals surface area contributed by atoms with Crippen LogP contribution in [0.15, 0.2) is 54.6 Å². The van der Waals surface area contributed by atoms with Gasteiger partial charge in [-0.15, -0.1) is 0 Å². The van der Waals surface area contributed by atoms with Crippen LogP contribution in [0.5, 0.6) is 0 Å². The molecule has 0 radical (unpaired) electrons. The monoisotopic (exact) mass is 312 g/mol. The highest BCUT2D eigenvalue weighted by atomic mass is 32.1. The second kappa shape index (κ2) is 8.54. The first-order valence-corrected chi connectivity index (χ1v) is 8.32. The highest BCUT2D eigenvalue weighted by Gasteiger charge is 2.04. The van der Waals surface area contributed by atoms with Gasteiger partial charge < -0.3 is 10.2 Å². The van der Waals surface area contributed by atoms with Gasteiger partial charge in [-0.05, 0) is 50.1 Å². The second-order valence-corrected chi connectivity index (χ2v) is 5.62. The lowest BCUT2D eigenvalue weighted by Gasteiger charge is -2.21. The van der Waals surface area contributed by atoms with Gasteiger partial charge in [0, 0.05) is 30.9 Å². The summed E-state index contributed by atoms with van der Waals surface area (Å²) >= 11 is 5.48. The van der Waals surface area contributed by atoms with Crippen LogP contribution in [0.4, 0.5) is 5.69 Å². The summed E-state index contributed by atoms with van der Waals surface area (Å²) in [6.07, 6.45) is 0.985. The number of anilines is 1. The van der Waals surface area contributed by atoms with Crippen LogP contribution in [0.1, 0.15) is 25.0 Å². The number of benzene rings is 2. The normalized spacial score (nSPS) is 10.3. The Morgan fingerprint density at radius 1 is 0.955 bits per heavy atom. The Kier molecular flexibility index (Phi) is 6.41. The number of hydrogen-bond acceptors (Lipinski definition) is 2. The molecule has 0 spiro atoms. The predicted octanol–water partition coefficient (Wildman–Crippen LogP) is 4.04. The Balaban J connectivity index is 1.87. The van der Waals surface area contributed by atoms with Crippen LogP contribution in [0.3, 0.4) is 0 Å². The molecule has 0 aromatic heterocycles. The summed E-state index contributed by atoms with van der Waals surface area (Å²) in [5, 5.41) is 3.34. The molecule has 22 heavy (non-hydrogen) atoms. The molecule has 0 amide bonds. The molecule has 0 aliphatic rings. The van der Waals surface area contributed by atoms with Gasteiger partial charge in [0.05, 0.1) is 0 Å². The van der Waals surface area contributed by atoms with Crippen molar-refractivity contribution in [2.45, 2.75) is 20.3 Å². The van der Waals surface area contributed by atoms with Crippen molar-refractivity contribution in [3.63, 3.8) is 0 Å². The Labute approximate surface area is 139 Å². The first kappa shape index (κ1) is 16.5. The minimum Gasteiger partial charge on any atom is -0.375 e. The molecule has 0 aliphatic heterocycles. The van der Waals surface area contributed by atoms with Crippen molar-refractivity contribution >= 4 is 22.9 Å². The fraction of sp³-hybridized carbons (Fsp3) is 0.316. The van der Waals surface area contributed by atoms with E-state index >= 15 is 0 Å². The Bertz CT molecular complexity index is 574. The molecule has 2 aromatic rings. The van der Waals surface area contributed by atoms with Gasteiger partial charge in [0.2, 0.25) is 0 Å². The van der Waals surface area contributed by atoms with Gasteiger partial charge in [-0.1, -0.05) is 42.5 Å². The maximum absolute atomic E-state index is 5.48. The third-order valence-electron chi connectivity index (χ3n) is 3.80. The van der Waals surface area contributed by atoms with Gasteiger partial charge in [-0.3, -0.25) is 0 Å². The largest absolute Gasteiger partial charge is 0.375 e. The highest BCUT2D eigenvalue weighted by Crippen LogP contribution is 2.15. The van der Waals surface area contributed by atoms with Gasteiger partial charge in [-0.25, -0.2) is 0 Å². The summed E-state index contributed by atoms with van der Waals surface area (Å²) in [6.45, 7) is 7.26. The minimum atomic E-state index is 0.821. The molecule has 116 valence electrons. The molecule has 3 heteroatoms. The van der Waals surface area contributed by atoms with Crippen molar-refractivity contribution < 1.29 is 0 Å². The standard InChI is InChI=1S/C19H24N2S/c1-3-21(4-2)18-12-10-17(11-13-18)19(22)20-15-14-16-8-6-5-7-9-16/h5-13H,3-4,14-15H2,1-2H3,(H,20,22). The second-order valence-electron chi connectivity index (χ2n) is 5.21. The van der Waals surface area contributed by atoms with E-state index in [1.165, 1.54) is 11.3 Å². The van der Waals surface area contributed by atoms with Crippen LogP contribution >= 0.6 is 12.2 Å². The number of nitrogens with one attached hydrogen (secondary N) is 1. The topological polar surface area (TPSA) is 15.3 Å². The van der Waals surface area contributed by atoms with E-state index in [4.69, 9.17) is 12.2 Å². The summed E-state index contributed by atoms with van der Waals surface area (Å²) in [5.74, 6) is 0. The van der Waals surface area contributed by atoms with Crippen molar-refractivity contribution in [3.05, 3.63) is 65.7 Å². The zero-order valence-corrected chi connectivity index (χ0v) is 14.2. The van der Waals surface area contributed by atoms with Gasteiger partial charge in [-0.2, -0.15) is 0 Å². The van der Waals surface area contributed by atoms with E-state index in [9.17, 15) is 0 Å². The fourth-order valence-corrected chi connectivity index (χ4v) is 2.72. The fourth-order valence-electron chi connectivity index (χ4n) is 2.48. The molecule has 2 nitrogen and oxygen atoms in total. The van der Waals surface area contributed by atoms with E-state index in [1.807, 2.05) is 6.07 Å². The summed E-state index contributed by atoms with van der Waals surface area (Å²) < 4.78 is 0. The average Bonchev–Trinajstić information content (AvgIpc) is 2.57. The van der Waals surface area contributed by atoms with E-state index < -0.39 is 0 Å². The smallest absolute Gasteiger partial charge is 0.106 e. The SMILES string of the molecule is CCN(CC)c1ccc(C(=S)NCCc2ccccc2)cc1. The van der Waals surface area contributed by atoms with Crippen LogP contribution in [-0.4, -0.2) is 24.6 Å². The van der Waals surface area contributed by atoms with Crippen molar-refractivity contribution in [1.82, 2.24) is 5.32 Å². The lowest BCUT2D eigenvalue weighted by Crippen LogP contribution is -2.25. The van der Waals surface area contributed by atoms with Crippen LogP contribution in [0.25, 0.3) is 0 Å². The molecule has 0 fully saturated rings. The Morgan fingerprint density at radius 2 is 1.59 bits per heavy atom. The van der Waals surface area contributed by atoms with Crippen molar-refractivity contribution in [2.24, 2.45) is 0 Å². The molecule has 0 unspecified atom stereocenters. The molecule has 0 heterocycles. The maximum Gasteiger partial charge on any atom is 0.106 e. The molecule has 0 saturated heterocycles. The third kappa shape index (κ3) is 4.57. The number of thiocarbonyl (C=S) groups is 1. The molecule has 2 aromatic carbocycles. The van der Waals surface area contributed by atoms with Crippen molar-refractivity contribution in [2.75, 3.05) is 24.5 Å². The third-order valence-corrected chi connectivity index (χ3v) is 4.18. The van der Waals surface area contributed by atoms with Crippen molar-refractivity contribution in [3.8, 4) is 0 Å². The molecular formula is C19H24N2S. The van der Waals surface area contributed by atoms with Crippen LogP contribution in [0, 0.1) is 0 Å². The van der Waals surface area contributed by atoms with E-state index in [0.717, 1.165) is 36.6 Å². The molecule has 0 bridgehead atoms. The Hall–Kier alpha value is -1.87. The number of hydrogen-bond donors (Lipinski definition) is 1. The van der Waals surface area contributed by atoms with E-state index in [-0.39, 0.29) is 0 Å². The van der Waals surface area contributed by atoms with E-state index in [0.29, 0.717) is 0 Å². The molecular weight excluding hydrogens is 288 g/mol. The number of nitrogens with zero attached hydrogens (tertiary/aromatic N) is 1. The zero-order chi connectivity index (χ0) is 15.8. The summed E-state index contributed by atoms with van der Waals surface area (Å²) in [5.41, 5.74) is 3.66. The van der Waals surface area contributed by atoms with Gasteiger partial charge >= 0.3 is 0 Å². The lowest BCUT2D eigenvalue weighted by atomic mass is 10.1. The summed E-state index contributed by atoms with van der Waals surface area (Å²) in [6, 6.07) is 19.0. The van der Waals surface area contributed by atoms with Crippen LogP contribution < -0.4 is 10.2 Å². The van der Waals surface area contributed by atoms with Gasteiger partial charge in [0.25, 0.3) is 0 Å². The molecule has 0 atom stereocenters. The van der Waals surface area contributed by atoms with E-state index in [2.05, 4.69) is 72.6 Å². The van der Waals surface area contributed by atoms with Crippen LogP contribution in [-0.2, 0) is 6.42 Å². The lowest BCUT2D eigenvalue weighted by molar-refractivity contribution is 0.865. The van der Waals surface area contributed by atoms with Crippen LogP contribution in [0.2, 0.25) is 0 Å². The minimum absolute atomic E-state index is 0.821. The molecule has 0 saturated carbocycles. The first-order valence-electron chi connectivity index (χ1n) is 7.91. The van der Waals surface area contributed by atoms with Gasteiger partial charge in [0.15, 0.2) is 0 Å². The Morgan fingerprint density at radius 3 is 2.18 bits per heavy atom. The predicted molar refractivity (Wildman–Crippen MR) is 99.9 cm³/mol. The molecule has 1 N–H and O–H groups in total. The van der Waals surface area contributed by atoms with Crippen molar-refractivity contribution in [1.29, 1.82) is 0 Å². The number of rotatable bonds is 7. The highest BCUT2D eigenvalue weighted by molar-refractivity contribution is 7.80. The first-order chi connectivity index (χ1) is 10.7. The maximum atomic E-state index is 5.48. The summed E-state index contributed by atoms with van der Waals surface area (Å²) in [7, 11) is 0. The molecule has 2 rings (SSSR count). The van der Waals surface area contributed by atoms with E-state index in [1.54, 1.807) is 0 Å². The quantitative estimate of drug-likeness (QED) is 0.777. The zero-order valence-electron chi connectivity index (χ0n) is 13.4.